The Labute approximate surface area is 84.1 Å². The van der Waals surface area contributed by atoms with Crippen molar-refractivity contribution in [3.63, 3.8) is 0 Å². The number of hydrogen-bond acceptors (Lipinski definition) is 2. The van der Waals surface area contributed by atoms with Crippen LogP contribution in [0.2, 0.25) is 0 Å². The number of benzene rings is 1. The highest BCUT2D eigenvalue weighted by molar-refractivity contribution is 5.42. The lowest BCUT2D eigenvalue weighted by atomic mass is 10.2. The van der Waals surface area contributed by atoms with Crippen molar-refractivity contribution in [2.24, 2.45) is 0 Å². The summed E-state index contributed by atoms with van der Waals surface area (Å²) >= 11 is 0. The summed E-state index contributed by atoms with van der Waals surface area (Å²) in [5.74, 6) is 0.738. The maximum atomic E-state index is 8.86. The zero-order chi connectivity index (χ0) is 9.80. The van der Waals surface area contributed by atoms with E-state index in [1.54, 1.807) is 6.07 Å². The van der Waals surface area contributed by atoms with Crippen molar-refractivity contribution in [2.45, 2.75) is 31.8 Å². The third-order valence-corrected chi connectivity index (χ3v) is 2.60. The van der Waals surface area contributed by atoms with Crippen molar-refractivity contribution in [3.05, 3.63) is 29.8 Å². The van der Waals surface area contributed by atoms with Gasteiger partial charge in [0.2, 0.25) is 0 Å². The van der Waals surface area contributed by atoms with E-state index in [-0.39, 0.29) is 0 Å². The largest absolute Gasteiger partial charge is 0.489 e. The zero-order valence-corrected chi connectivity index (χ0v) is 8.07. The van der Waals surface area contributed by atoms with Crippen LogP contribution in [-0.4, -0.2) is 6.10 Å². The molecular formula is C12H13NO. The minimum absolute atomic E-state index is 0.324. The molecule has 0 unspecified atom stereocenters. The van der Waals surface area contributed by atoms with Gasteiger partial charge in [-0.1, -0.05) is 12.1 Å². The molecule has 2 rings (SSSR count). The summed E-state index contributed by atoms with van der Waals surface area (Å²) in [5, 5.41) is 8.86. The summed E-state index contributed by atoms with van der Waals surface area (Å²) in [5.41, 5.74) is 0.638. The standard InChI is InChI=1S/C12H13NO/c13-9-10-5-1-4-8-12(10)14-11-6-2-3-7-11/h1,4-5,8,11H,2-3,6-7H2. The molecule has 0 heterocycles. The third-order valence-electron chi connectivity index (χ3n) is 2.60. The minimum atomic E-state index is 0.324. The number of para-hydroxylation sites is 1. The summed E-state index contributed by atoms with van der Waals surface area (Å²) in [6.45, 7) is 0. The predicted octanol–water partition coefficient (Wildman–Crippen LogP) is 2.88. The molecular weight excluding hydrogens is 174 g/mol. The first-order chi connectivity index (χ1) is 6.90. The predicted molar refractivity (Wildman–Crippen MR) is 54.0 cm³/mol. The van der Waals surface area contributed by atoms with Gasteiger partial charge in [0, 0.05) is 0 Å². The number of rotatable bonds is 2. The van der Waals surface area contributed by atoms with Crippen LogP contribution >= 0.6 is 0 Å². The van der Waals surface area contributed by atoms with E-state index in [0.29, 0.717) is 11.7 Å². The fourth-order valence-electron chi connectivity index (χ4n) is 1.85. The van der Waals surface area contributed by atoms with Crippen LogP contribution in [-0.2, 0) is 0 Å². The van der Waals surface area contributed by atoms with Gasteiger partial charge in [-0.2, -0.15) is 5.26 Å². The molecule has 0 spiro atoms. The molecule has 0 N–H and O–H groups in total. The second-order valence-electron chi connectivity index (χ2n) is 3.63. The van der Waals surface area contributed by atoms with Crippen molar-refractivity contribution in [1.29, 1.82) is 5.26 Å². The summed E-state index contributed by atoms with van der Waals surface area (Å²) in [6, 6.07) is 9.58. The first kappa shape index (κ1) is 9.08. The van der Waals surface area contributed by atoms with Crippen molar-refractivity contribution in [3.8, 4) is 11.8 Å². The molecule has 2 heteroatoms. The van der Waals surface area contributed by atoms with Gasteiger partial charge in [-0.05, 0) is 37.8 Å². The van der Waals surface area contributed by atoms with Crippen molar-refractivity contribution in [1.82, 2.24) is 0 Å². The van der Waals surface area contributed by atoms with Crippen LogP contribution in [0.15, 0.2) is 24.3 Å². The Morgan fingerprint density at radius 3 is 2.64 bits per heavy atom. The molecule has 1 aliphatic carbocycles. The van der Waals surface area contributed by atoms with Crippen molar-refractivity contribution >= 4 is 0 Å². The van der Waals surface area contributed by atoms with Gasteiger partial charge >= 0.3 is 0 Å². The van der Waals surface area contributed by atoms with E-state index in [1.165, 1.54) is 12.8 Å². The lowest BCUT2D eigenvalue weighted by molar-refractivity contribution is 0.209. The van der Waals surface area contributed by atoms with Gasteiger partial charge < -0.3 is 4.74 Å². The van der Waals surface area contributed by atoms with E-state index in [4.69, 9.17) is 10.00 Å². The first-order valence-electron chi connectivity index (χ1n) is 5.06. The fourth-order valence-corrected chi connectivity index (χ4v) is 1.85. The molecule has 1 aromatic rings. The molecule has 14 heavy (non-hydrogen) atoms. The van der Waals surface area contributed by atoms with E-state index in [9.17, 15) is 0 Å². The second-order valence-corrected chi connectivity index (χ2v) is 3.63. The highest BCUT2D eigenvalue weighted by Crippen LogP contribution is 2.25. The van der Waals surface area contributed by atoms with Crippen LogP contribution in [0.3, 0.4) is 0 Å². The van der Waals surface area contributed by atoms with Crippen LogP contribution in [0.25, 0.3) is 0 Å². The number of nitriles is 1. The first-order valence-corrected chi connectivity index (χ1v) is 5.06. The molecule has 2 nitrogen and oxygen atoms in total. The Bertz CT molecular complexity index is 348. The zero-order valence-electron chi connectivity index (χ0n) is 8.07. The molecule has 0 saturated heterocycles. The monoisotopic (exact) mass is 187 g/mol. The summed E-state index contributed by atoms with van der Waals surface area (Å²) in [7, 11) is 0. The molecule has 0 aliphatic heterocycles. The summed E-state index contributed by atoms with van der Waals surface area (Å²) < 4.78 is 5.77. The molecule has 1 aliphatic rings. The van der Waals surface area contributed by atoms with Gasteiger partial charge in [0.05, 0.1) is 11.7 Å². The Morgan fingerprint density at radius 2 is 1.93 bits per heavy atom. The smallest absolute Gasteiger partial charge is 0.137 e. The van der Waals surface area contributed by atoms with Crippen molar-refractivity contribution < 1.29 is 4.74 Å². The number of ether oxygens (including phenoxy) is 1. The summed E-state index contributed by atoms with van der Waals surface area (Å²) in [4.78, 5) is 0. The number of nitrogens with zero attached hydrogens (tertiary/aromatic N) is 1. The maximum absolute atomic E-state index is 8.86. The number of hydrogen-bond donors (Lipinski definition) is 0. The van der Waals surface area contributed by atoms with E-state index < -0.39 is 0 Å². The Balaban J connectivity index is 2.11. The Morgan fingerprint density at radius 1 is 1.21 bits per heavy atom. The molecule has 0 aromatic heterocycles. The highest BCUT2D eigenvalue weighted by Gasteiger charge is 2.17. The minimum Gasteiger partial charge on any atom is -0.489 e. The van der Waals surface area contributed by atoms with Gasteiger partial charge in [-0.15, -0.1) is 0 Å². The molecule has 0 radical (unpaired) electrons. The van der Waals surface area contributed by atoms with Crippen LogP contribution in [0.5, 0.6) is 5.75 Å². The Kier molecular flexibility index (Phi) is 2.69. The van der Waals surface area contributed by atoms with Crippen LogP contribution in [0.4, 0.5) is 0 Å². The normalized spacial score (nSPS) is 16.5. The molecule has 0 amide bonds. The van der Waals surface area contributed by atoms with Gasteiger partial charge in [-0.3, -0.25) is 0 Å². The van der Waals surface area contributed by atoms with E-state index >= 15 is 0 Å². The second kappa shape index (κ2) is 4.15. The highest BCUT2D eigenvalue weighted by atomic mass is 16.5. The van der Waals surface area contributed by atoms with Gasteiger partial charge in [-0.25, -0.2) is 0 Å². The molecule has 0 atom stereocenters. The average Bonchev–Trinajstić information content (AvgIpc) is 2.71. The fraction of sp³-hybridized carbons (Fsp3) is 0.417. The SMILES string of the molecule is N#Cc1ccccc1OC1CCCC1. The van der Waals surface area contributed by atoms with Crippen molar-refractivity contribution in [2.75, 3.05) is 0 Å². The van der Waals surface area contributed by atoms with Crippen LogP contribution < -0.4 is 4.74 Å². The molecule has 1 saturated carbocycles. The molecule has 0 bridgehead atoms. The topological polar surface area (TPSA) is 33.0 Å². The van der Waals surface area contributed by atoms with Crippen LogP contribution in [0, 0.1) is 11.3 Å². The van der Waals surface area contributed by atoms with E-state index in [1.807, 2.05) is 18.2 Å². The van der Waals surface area contributed by atoms with Gasteiger partial charge in [0.25, 0.3) is 0 Å². The Hall–Kier alpha value is -1.49. The van der Waals surface area contributed by atoms with E-state index in [2.05, 4.69) is 6.07 Å². The average molecular weight is 187 g/mol. The molecule has 72 valence electrons. The third kappa shape index (κ3) is 1.88. The lowest BCUT2D eigenvalue weighted by Gasteiger charge is -2.13. The molecule has 1 aromatic carbocycles. The van der Waals surface area contributed by atoms with Gasteiger partial charge in [0.1, 0.15) is 11.8 Å². The molecule has 1 fully saturated rings. The van der Waals surface area contributed by atoms with Crippen LogP contribution in [0.1, 0.15) is 31.2 Å². The maximum Gasteiger partial charge on any atom is 0.137 e. The van der Waals surface area contributed by atoms with E-state index in [0.717, 1.165) is 18.6 Å². The quantitative estimate of drug-likeness (QED) is 0.713. The van der Waals surface area contributed by atoms with Gasteiger partial charge in [0.15, 0.2) is 0 Å². The summed E-state index contributed by atoms with van der Waals surface area (Å²) in [6.07, 6.45) is 5.07. The lowest BCUT2D eigenvalue weighted by Crippen LogP contribution is -2.11.